The Morgan fingerprint density at radius 2 is 2.00 bits per heavy atom. The van der Waals surface area contributed by atoms with Gasteiger partial charge in [0.15, 0.2) is 6.10 Å². The van der Waals surface area contributed by atoms with Crippen LogP contribution in [0.4, 0.5) is 5.69 Å². The highest BCUT2D eigenvalue weighted by Gasteiger charge is 2.38. The highest BCUT2D eigenvalue weighted by molar-refractivity contribution is 5.73. The third kappa shape index (κ3) is 2.72. The van der Waals surface area contributed by atoms with Gasteiger partial charge in [-0.2, -0.15) is 0 Å². The Morgan fingerprint density at radius 3 is 2.41 bits per heavy atom. The summed E-state index contributed by atoms with van der Waals surface area (Å²) in [6.45, 7) is 0. The summed E-state index contributed by atoms with van der Waals surface area (Å²) in [5.74, 6) is -0.594. The zero-order valence-electron chi connectivity index (χ0n) is 8.91. The Hall–Kier alpha value is -2.11. The summed E-state index contributed by atoms with van der Waals surface area (Å²) in [5, 5.41) is 19.4. The van der Waals surface area contributed by atoms with Gasteiger partial charge in [0.2, 0.25) is 0 Å². The summed E-state index contributed by atoms with van der Waals surface area (Å²) >= 11 is 0. The first-order chi connectivity index (χ1) is 8.08. The molecule has 1 N–H and O–H groups in total. The molecule has 0 amide bonds. The molecule has 90 valence electrons. The molecular formula is C11H11NO5. The van der Waals surface area contributed by atoms with Crippen LogP contribution in [-0.4, -0.2) is 22.1 Å². The first kappa shape index (κ1) is 11.4. The molecule has 0 saturated heterocycles. The third-order valence-electron chi connectivity index (χ3n) is 2.60. The second kappa shape index (κ2) is 4.40. The third-order valence-corrected chi connectivity index (χ3v) is 2.60. The van der Waals surface area contributed by atoms with E-state index in [2.05, 4.69) is 0 Å². The van der Waals surface area contributed by atoms with Gasteiger partial charge in [-0.3, -0.25) is 10.1 Å². The minimum absolute atomic E-state index is 0.0457. The van der Waals surface area contributed by atoms with E-state index in [0.717, 1.165) is 12.8 Å². The van der Waals surface area contributed by atoms with Crippen LogP contribution < -0.4 is 4.74 Å². The molecule has 1 aromatic carbocycles. The van der Waals surface area contributed by atoms with Crippen LogP contribution in [0.3, 0.4) is 0 Å². The topological polar surface area (TPSA) is 89.7 Å². The number of hydrogen-bond donors (Lipinski definition) is 1. The van der Waals surface area contributed by atoms with Crippen molar-refractivity contribution in [2.24, 2.45) is 5.92 Å². The van der Waals surface area contributed by atoms with Crippen LogP contribution in [0.25, 0.3) is 0 Å². The number of ether oxygens (including phenoxy) is 1. The average Bonchev–Trinajstić information content (AvgIpc) is 3.10. The molecule has 1 unspecified atom stereocenters. The van der Waals surface area contributed by atoms with Gasteiger partial charge in [0, 0.05) is 18.1 Å². The maximum absolute atomic E-state index is 10.9. The van der Waals surface area contributed by atoms with Gasteiger partial charge < -0.3 is 9.84 Å². The van der Waals surface area contributed by atoms with Crippen molar-refractivity contribution in [3.8, 4) is 5.75 Å². The van der Waals surface area contributed by atoms with Crippen molar-refractivity contribution in [2.75, 3.05) is 0 Å². The summed E-state index contributed by atoms with van der Waals surface area (Å²) in [6, 6.07) is 5.41. The summed E-state index contributed by atoms with van der Waals surface area (Å²) < 4.78 is 5.31. The molecule has 0 aliphatic heterocycles. The summed E-state index contributed by atoms with van der Waals surface area (Å²) in [6.07, 6.45) is 0.852. The zero-order chi connectivity index (χ0) is 12.4. The van der Waals surface area contributed by atoms with E-state index >= 15 is 0 Å². The monoisotopic (exact) mass is 237 g/mol. The first-order valence-electron chi connectivity index (χ1n) is 5.22. The van der Waals surface area contributed by atoms with Crippen LogP contribution in [0.1, 0.15) is 12.8 Å². The fourth-order valence-corrected chi connectivity index (χ4v) is 1.54. The van der Waals surface area contributed by atoms with Crippen LogP contribution in [0, 0.1) is 16.0 Å². The molecule has 1 aliphatic rings. The maximum Gasteiger partial charge on any atom is 0.345 e. The van der Waals surface area contributed by atoms with Crippen molar-refractivity contribution in [2.45, 2.75) is 18.9 Å². The largest absolute Gasteiger partial charge is 0.478 e. The predicted molar refractivity (Wildman–Crippen MR) is 57.9 cm³/mol. The lowest BCUT2D eigenvalue weighted by atomic mass is 10.2. The highest BCUT2D eigenvalue weighted by atomic mass is 16.6. The van der Waals surface area contributed by atoms with Crippen LogP contribution in [-0.2, 0) is 4.79 Å². The number of rotatable bonds is 5. The van der Waals surface area contributed by atoms with E-state index in [1.807, 2.05) is 0 Å². The number of carbonyl (C=O) groups is 1. The van der Waals surface area contributed by atoms with Gasteiger partial charge in [0.1, 0.15) is 5.75 Å². The molecule has 6 nitrogen and oxygen atoms in total. The number of hydrogen-bond acceptors (Lipinski definition) is 4. The molecular weight excluding hydrogens is 226 g/mol. The van der Waals surface area contributed by atoms with Gasteiger partial charge in [-0.05, 0) is 25.0 Å². The molecule has 6 heteroatoms. The normalized spacial score (nSPS) is 16.2. The van der Waals surface area contributed by atoms with Crippen molar-refractivity contribution >= 4 is 11.7 Å². The number of aliphatic carboxylic acids is 1. The van der Waals surface area contributed by atoms with Crippen molar-refractivity contribution in [3.05, 3.63) is 34.4 Å². The number of nitrogens with zero attached hydrogens (tertiary/aromatic N) is 1. The number of carboxylic acids is 1. The van der Waals surface area contributed by atoms with Crippen molar-refractivity contribution in [1.82, 2.24) is 0 Å². The Labute approximate surface area is 97.0 Å². The van der Waals surface area contributed by atoms with Crippen molar-refractivity contribution in [3.63, 3.8) is 0 Å². The average molecular weight is 237 g/mol. The molecule has 0 spiro atoms. The number of non-ortho nitro benzene ring substituents is 1. The smallest absolute Gasteiger partial charge is 0.345 e. The number of nitro groups is 1. The van der Waals surface area contributed by atoms with E-state index in [9.17, 15) is 14.9 Å². The standard InChI is InChI=1S/C11H11NO5/c13-11(14)10(7-1-2-7)17-9-5-3-8(4-6-9)12(15)16/h3-7,10H,1-2H2,(H,13,14). The van der Waals surface area contributed by atoms with Crippen molar-refractivity contribution < 1.29 is 19.6 Å². The summed E-state index contributed by atoms with van der Waals surface area (Å²) in [7, 11) is 0. The summed E-state index contributed by atoms with van der Waals surface area (Å²) in [5.41, 5.74) is -0.0457. The van der Waals surface area contributed by atoms with E-state index in [4.69, 9.17) is 9.84 Å². The molecule has 0 heterocycles. The lowest BCUT2D eigenvalue weighted by molar-refractivity contribution is -0.384. The minimum atomic E-state index is -0.995. The van der Waals surface area contributed by atoms with Gasteiger partial charge in [0.25, 0.3) is 5.69 Å². The van der Waals surface area contributed by atoms with Crippen LogP contribution in [0.15, 0.2) is 24.3 Å². The lowest BCUT2D eigenvalue weighted by Gasteiger charge is -2.13. The molecule has 2 rings (SSSR count). The van der Waals surface area contributed by atoms with Crippen molar-refractivity contribution in [1.29, 1.82) is 0 Å². The number of nitro benzene ring substituents is 1. The Morgan fingerprint density at radius 1 is 1.41 bits per heavy atom. The second-order valence-corrected chi connectivity index (χ2v) is 3.97. The fourth-order valence-electron chi connectivity index (χ4n) is 1.54. The zero-order valence-corrected chi connectivity index (χ0v) is 8.91. The molecule has 1 atom stereocenters. The lowest BCUT2D eigenvalue weighted by Crippen LogP contribution is -2.29. The molecule has 0 aromatic heterocycles. The van der Waals surface area contributed by atoms with Gasteiger partial charge in [-0.15, -0.1) is 0 Å². The van der Waals surface area contributed by atoms with Gasteiger partial charge in [-0.25, -0.2) is 4.79 Å². The van der Waals surface area contributed by atoms with E-state index < -0.39 is 17.0 Å². The van der Waals surface area contributed by atoms with Crippen LogP contribution in [0.5, 0.6) is 5.75 Å². The SMILES string of the molecule is O=C(O)C(Oc1ccc([N+](=O)[O-])cc1)C1CC1. The number of carboxylic acid groups (broad SMARTS) is 1. The van der Waals surface area contributed by atoms with Crippen LogP contribution in [0.2, 0.25) is 0 Å². The number of benzene rings is 1. The molecule has 0 bridgehead atoms. The van der Waals surface area contributed by atoms with E-state index in [0.29, 0.717) is 5.75 Å². The van der Waals surface area contributed by atoms with Gasteiger partial charge in [0.05, 0.1) is 4.92 Å². The second-order valence-electron chi connectivity index (χ2n) is 3.97. The van der Waals surface area contributed by atoms with Crippen LogP contribution >= 0.6 is 0 Å². The quantitative estimate of drug-likeness (QED) is 0.623. The Bertz CT molecular complexity index is 438. The molecule has 1 fully saturated rings. The minimum Gasteiger partial charge on any atom is -0.478 e. The van der Waals surface area contributed by atoms with E-state index in [1.54, 1.807) is 0 Å². The highest BCUT2D eigenvalue weighted by Crippen LogP contribution is 2.35. The predicted octanol–water partition coefficient (Wildman–Crippen LogP) is 1.84. The van der Waals surface area contributed by atoms with E-state index in [1.165, 1.54) is 24.3 Å². The Kier molecular flexibility index (Phi) is 2.95. The fraction of sp³-hybridized carbons (Fsp3) is 0.364. The molecule has 1 aromatic rings. The molecule has 1 aliphatic carbocycles. The van der Waals surface area contributed by atoms with E-state index in [-0.39, 0.29) is 11.6 Å². The maximum atomic E-state index is 10.9. The van der Waals surface area contributed by atoms with Gasteiger partial charge in [-0.1, -0.05) is 0 Å². The Balaban J connectivity index is 2.07. The summed E-state index contributed by atoms with van der Waals surface area (Å²) in [4.78, 5) is 20.8. The van der Waals surface area contributed by atoms with Gasteiger partial charge >= 0.3 is 5.97 Å². The molecule has 0 radical (unpaired) electrons. The molecule has 17 heavy (non-hydrogen) atoms. The molecule has 1 saturated carbocycles. The first-order valence-corrected chi connectivity index (χ1v) is 5.22.